The van der Waals surface area contributed by atoms with Gasteiger partial charge in [-0.1, -0.05) is 6.92 Å². The number of hydrogen-bond acceptors (Lipinski definition) is 4. The molecule has 0 fully saturated rings. The van der Waals surface area contributed by atoms with Crippen LogP contribution in [-0.2, 0) is 14.6 Å². The lowest BCUT2D eigenvalue weighted by molar-refractivity contribution is -0.104. The molecule has 0 aliphatic heterocycles. The predicted molar refractivity (Wildman–Crippen MR) is 47.3 cm³/mol. The maximum Gasteiger partial charge on any atom is 0.182 e. The molecule has 12 heavy (non-hydrogen) atoms. The summed E-state index contributed by atoms with van der Waals surface area (Å²) < 4.78 is 22.3. The van der Waals surface area contributed by atoms with Crippen molar-refractivity contribution >= 4 is 16.1 Å². The molecule has 0 radical (unpaired) electrons. The third-order valence-corrected chi connectivity index (χ3v) is 2.92. The lowest BCUT2D eigenvalue weighted by Gasteiger charge is -2.06. The first kappa shape index (κ1) is 11.2. The van der Waals surface area contributed by atoms with Gasteiger partial charge in [-0.05, 0) is 0 Å². The van der Waals surface area contributed by atoms with Crippen LogP contribution in [-0.4, -0.2) is 39.5 Å². The van der Waals surface area contributed by atoms with Crippen LogP contribution in [0.3, 0.4) is 0 Å². The summed E-state index contributed by atoms with van der Waals surface area (Å²) in [6.45, 7) is 1.50. The zero-order valence-corrected chi connectivity index (χ0v) is 8.26. The monoisotopic (exact) mass is 191 g/mol. The number of allylic oxidation sites excluding steroid dienone is 1. The highest BCUT2D eigenvalue weighted by Gasteiger charge is 2.14. The fourth-order valence-electron chi connectivity index (χ4n) is 0.605. The van der Waals surface area contributed by atoms with Crippen LogP contribution >= 0.6 is 0 Å². The largest absolute Gasteiger partial charge is 0.382 e. The van der Waals surface area contributed by atoms with Gasteiger partial charge < -0.3 is 4.90 Å². The topological polar surface area (TPSA) is 54.5 Å². The number of nitrogens with zero attached hydrogens (tertiary/aromatic N) is 1. The van der Waals surface area contributed by atoms with Gasteiger partial charge in [-0.25, -0.2) is 8.42 Å². The fraction of sp³-hybridized carbons (Fsp3) is 0.571. The molecule has 0 aliphatic carbocycles. The first-order chi connectivity index (χ1) is 5.44. The van der Waals surface area contributed by atoms with Crippen LogP contribution < -0.4 is 0 Å². The summed E-state index contributed by atoms with van der Waals surface area (Å²) >= 11 is 0. The van der Waals surface area contributed by atoms with Gasteiger partial charge >= 0.3 is 0 Å². The first-order valence-corrected chi connectivity index (χ1v) is 5.15. The fourth-order valence-corrected chi connectivity index (χ4v) is 1.46. The highest BCUT2D eigenvalue weighted by Crippen LogP contribution is 2.04. The van der Waals surface area contributed by atoms with E-state index in [0.717, 1.165) is 0 Å². The number of aldehydes is 1. The molecule has 70 valence electrons. The molecule has 0 bridgehead atoms. The van der Waals surface area contributed by atoms with E-state index in [1.807, 2.05) is 0 Å². The lowest BCUT2D eigenvalue weighted by atomic mass is 10.6. The van der Waals surface area contributed by atoms with Crippen molar-refractivity contribution in [1.29, 1.82) is 0 Å². The molecule has 0 heterocycles. The van der Waals surface area contributed by atoms with Gasteiger partial charge in [0.2, 0.25) is 0 Å². The quantitative estimate of drug-likeness (QED) is 0.464. The van der Waals surface area contributed by atoms with E-state index < -0.39 is 9.84 Å². The minimum absolute atomic E-state index is 0.0502. The molecular weight excluding hydrogens is 178 g/mol. The van der Waals surface area contributed by atoms with Crippen LogP contribution in [0.15, 0.2) is 11.1 Å². The Bertz CT molecular complexity index is 277. The maximum absolute atomic E-state index is 11.1. The molecule has 0 saturated carbocycles. The molecule has 0 N–H and O–H groups in total. The average molecular weight is 191 g/mol. The van der Waals surface area contributed by atoms with Crippen molar-refractivity contribution in [2.24, 2.45) is 0 Å². The van der Waals surface area contributed by atoms with Crippen LogP contribution in [0.4, 0.5) is 0 Å². The standard InChI is InChI=1S/C7H13NO3S/c1-4-12(10,11)7(6-9)5-8(2)3/h5-6H,4H2,1-3H3. The summed E-state index contributed by atoms with van der Waals surface area (Å²) in [6, 6.07) is 0. The molecule has 5 heteroatoms. The molecule has 0 atom stereocenters. The SMILES string of the molecule is CCS(=O)(=O)C(C=O)=CN(C)C. The summed E-state index contributed by atoms with van der Waals surface area (Å²) in [6.07, 6.45) is 1.66. The normalized spacial score (nSPS) is 12.8. The molecule has 0 aromatic heterocycles. The summed E-state index contributed by atoms with van der Waals surface area (Å²) in [5, 5.41) is 0. The van der Waals surface area contributed by atoms with Crippen LogP contribution in [0.1, 0.15) is 6.92 Å². The minimum atomic E-state index is -3.35. The molecular formula is C7H13NO3S. The molecule has 0 aliphatic rings. The van der Waals surface area contributed by atoms with Gasteiger partial charge in [0.1, 0.15) is 4.91 Å². The highest BCUT2D eigenvalue weighted by atomic mass is 32.2. The van der Waals surface area contributed by atoms with Gasteiger partial charge in [-0.3, -0.25) is 4.79 Å². The van der Waals surface area contributed by atoms with E-state index in [0.29, 0.717) is 6.29 Å². The molecule has 0 aromatic rings. The van der Waals surface area contributed by atoms with Gasteiger partial charge in [0.25, 0.3) is 0 Å². The van der Waals surface area contributed by atoms with Crippen molar-refractivity contribution < 1.29 is 13.2 Å². The van der Waals surface area contributed by atoms with Gasteiger partial charge in [-0.2, -0.15) is 0 Å². The number of sulfone groups is 1. The number of carbonyl (C=O) groups excluding carboxylic acids is 1. The molecule has 4 nitrogen and oxygen atoms in total. The number of carbonyl (C=O) groups is 1. The van der Waals surface area contributed by atoms with Gasteiger partial charge in [0.15, 0.2) is 16.1 Å². The molecule has 0 saturated heterocycles. The Morgan fingerprint density at radius 3 is 2.17 bits per heavy atom. The average Bonchev–Trinajstić information content (AvgIpc) is 1.99. The Morgan fingerprint density at radius 2 is 1.92 bits per heavy atom. The Labute approximate surface area is 72.8 Å². The van der Waals surface area contributed by atoms with Gasteiger partial charge in [0.05, 0.1) is 5.75 Å². The van der Waals surface area contributed by atoms with Gasteiger partial charge in [0, 0.05) is 20.3 Å². The molecule has 0 spiro atoms. The first-order valence-electron chi connectivity index (χ1n) is 3.50. The Balaban J connectivity index is 4.94. The van der Waals surface area contributed by atoms with Crippen LogP contribution in [0, 0.1) is 0 Å². The van der Waals surface area contributed by atoms with Gasteiger partial charge in [-0.15, -0.1) is 0 Å². The second-order valence-corrected chi connectivity index (χ2v) is 4.79. The third kappa shape index (κ3) is 3.04. The van der Waals surface area contributed by atoms with E-state index in [1.165, 1.54) is 18.0 Å². The van der Waals surface area contributed by atoms with Crippen molar-refractivity contribution in [3.05, 3.63) is 11.1 Å². The Morgan fingerprint density at radius 1 is 1.42 bits per heavy atom. The molecule has 0 unspecified atom stereocenters. The van der Waals surface area contributed by atoms with E-state index >= 15 is 0 Å². The predicted octanol–water partition coefficient (Wildman–Crippen LogP) is 0.0230. The molecule has 0 amide bonds. The summed E-state index contributed by atoms with van der Waals surface area (Å²) in [5.41, 5.74) is 0. The van der Waals surface area contributed by atoms with E-state index in [9.17, 15) is 13.2 Å². The third-order valence-electron chi connectivity index (χ3n) is 1.24. The zero-order valence-electron chi connectivity index (χ0n) is 7.44. The van der Waals surface area contributed by atoms with E-state index in [4.69, 9.17) is 0 Å². The summed E-state index contributed by atoms with van der Waals surface area (Å²) in [4.78, 5) is 11.7. The second kappa shape index (κ2) is 4.25. The number of hydrogen-bond donors (Lipinski definition) is 0. The van der Waals surface area contributed by atoms with Crippen molar-refractivity contribution in [3.8, 4) is 0 Å². The second-order valence-electron chi connectivity index (χ2n) is 2.52. The Kier molecular flexibility index (Phi) is 3.95. The Hall–Kier alpha value is -0.840. The highest BCUT2D eigenvalue weighted by molar-refractivity contribution is 7.96. The lowest BCUT2D eigenvalue weighted by Crippen LogP contribution is -2.12. The summed E-state index contributed by atoms with van der Waals surface area (Å²) in [5.74, 6) is -0.0502. The van der Waals surface area contributed by atoms with E-state index in [-0.39, 0.29) is 10.7 Å². The van der Waals surface area contributed by atoms with Crippen LogP contribution in [0.5, 0.6) is 0 Å². The maximum atomic E-state index is 11.1. The molecule has 0 rings (SSSR count). The zero-order chi connectivity index (χ0) is 9.78. The minimum Gasteiger partial charge on any atom is -0.382 e. The molecule has 0 aromatic carbocycles. The number of rotatable bonds is 4. The van der Waals surface area contributed by atoms with Crippen molar-refractivity contribution in [3.63, 3.8) is 0 Å². The van der Waals surface area contributed by atoms with E-state index in [2.05, 4.69) is 0 Å². The van der Waals surface area contributed by atoms with Crippen molar-refractivity contribution in [2.75, 3.05) is 19.8 Å². The summed E-state index contributed by atoms with van der Waals surface area (Å²) in [7, 11) is -0.0312. The van der Waals surface area contributed by atoms with E-state index in [1.54, 1.807) is 14.1 Å². The smallest absolute Gasteiger partial charge is 0.182 e. The van der Waals surface area contributed by atoms with Crippen LogP contribution in [0.2, 0.25) is 0 Å². The van der Waals surface area contributed by atoms with Crippen molar-refractivity contribution in [2.45, 2.75) is 6.92 Å². The van der Waals surface area contributed by atoms with Crippen LogP contribution in [0.25, 0.3) is 0 Å². The van der Waals surface area contributed by atoms with Crippen molar-refractivity contribution in [1.82, 2.24) is 4.90 Å².